The Morgan fingerprint density at radius 2 is 1.14 bits per heavy atom. The van der Waals surface area contributed by atoms with Crippen molar-refractivity contribution in [2.45, 2.75) is 78.6 Å². The summed E-state index contributed by atoms with van der Waals surface area (Å²) in [6, 6.07) is 50.7. The van der Waals surface area contributed by atoms with Crippen LogP contribution >= 0.6 is 0 Å². The van der Waals surface area contributed by atoms with E-state index in [2.05, 4.69) is 205 Å². The molecule has 0 amide bonds. The molecule has 5 heterocycles. The standard InChI is InChI=1S/C60H49BN2O2/c1-32-24-43-40-26-39-36-23-20-34(59(5,6)7)25-45(36)60(8,9)46(39)29-49(40)63(35-21-18-33(19-22-35)58(2,3)4)61-47-30-53-42(38-15-11-13-17-52(38)64-53)28-50(47)62-48-31-54-41(37-14-10-12-16-51(37)65-54)27-44(48)55(32)57(62)56(43)61/h10-31H,1-9H3. The van der Waals surface area contributed by atoms with Gasteiger partial charge in [-0.15, -0.1) is 0 Å². The lowest BCUT2D eigenvalue weighted by Gasteiger charge is -2.43. The zero-order valence-electron chi connectivity index (χ0n) is 38.5. The zero-order valence-corrected chi connectivity index (χ0v) is 38.5. The predicted octanol–water partition coefficient (Wildman–Crippen LogP) is 15.0. The molecule has 0 N–H and O–H groups in total. The Kier molecular flexibility index (Phi) is 6.92. The lowest BCUT2D eigenvalue weighted by molar-refractivity contribution is 0.584. The Morgan fingerprint density at radius 3 is 1.83 bits per heavy atom. The third-order valence-electron chi connectivity index (χ3n) is 15.6. The molecule has 8 aromatic carbocycles. The van der Waals surface area contributed by atoms with Crippen molar-refractivity contribution >= 4 is 94.8 Å². The monoisotopic (exact) mass is 840 g/mol. The number of anilines is 2. The second kappa shape index (κ2) is 12.0. The van der Waals surface area contributed by atoms with Crippen LogP contribution in [0.1, 0.15) is 83.2 Å². The van der Waals surface area contributed by atoms with Crippen molar-refractivity contribution in [3.63, 3.8) is 0 Å². The summed E-state index contributed by atoms with van der Waals surface area (Å²) in [5.74, 6) is 0. The van der Waals surface area contributed by atoms with Gasteiger partial charge in [-0.3, -0.25) is 0 Å². The Balaban J connectivity index is 1.15. The Bertz CT molecular complexity index is 3950. The van der Waals surface area contributed by atoms with Crippen LogP contribution < -0.4 is 15.7 Å². The van der Waals surface area contributed by atoms with E-state index in [9.17, 15) is 0 Å². The van der Waals surface area contributed by atoms with Gasteiger partial charge in [0.15, 0.2) is 0 Å². The first kappa shape index (κ1) is 37.4. The molecule has 0 fully saturated rings. The van der Waals surface area contributed by atoms with Crippen molar-refractivity contribution in [1.82, 2.24) is 4.57 Å². The van der Waals surface area contributed by atoms with Crippen LogP contribution in [-0.4, -0.2) is 11.4 Å². The number of fused-ring (bicyclic) bond motifs is 17. The molecule has 65 heavy (non-hydrogen) atoms. The fourth-order valence-electron chi connectivity index (χ4n) is 12.2. The molecule has 0 unspecified atom stereocenters. The first-order chi connectivity index (χ1) is 31.1. The first-order valence-corrected chi connectivity index (χ1v) is 23.3. The van der Waals surface area contributed by atoms with Crippen molar-refractivity contribution in [1.29, 1.82) is 0 Å². The summed E-state index contributed by atoms with van der Waals surface area (Å²) in [7, 11) is 0. The van der Waals surface area contributed by atoms with E-state index in [-0.39, 0.29) is 23.1 Å². The van der Waals surface area contributed by atoms with E-state index in [4.69, 9.17) is 8.83 Å². The number of benzene rings is 8. The number of aromatic nitrogens is 1. The maximum Gasteiger partial charge on any atom is 0.333 e. The highest BCUT2D eigenvalue weighted by Crippen LogP contribution is 2.55. The minimum atomic E-state index is -0.193. The fourth-order valence-corrected chi connectivity index (χ4v) is 12.2. The molecule has 3 aliphatic rings. The number of nitrogens with zero attached hydrogens (tertiary/aromatic N) is 2. The number of hydrogen-bond acceptors (Lipinski definition) is 3. The molecule has 11 aromatic rings. The van der Waals surface area contributed by atoms with Crippen LogP contribution in [0.4, 0.5) is 11.4 Å². The SMILES string of the molecule is Cc1cc2c3c4c1c1cc5c(cc1n4-c1cc4c(cc1B3N(c1ccc(C(C)(C)C)cc1)c1cc3c(cc1-2)-c1ccc(C(C)(C)C)cc1C3(C)C)oc1ccccc14)oc1ccccc15. The van der Waals surface area contributed by atoms with Crippen LogP contribution in [0.2, 0.25) is 0 Å². The van der Waals surface area contributed by atoms with Crippen LogP contribution in [0.15, 0.2) is 142 Å². The molecule has 0 saturated carbocycles. The molecule has 0 atom stereocenters. The van der Waals surface area contributed by atoms with Crippen LogP contribution in [0, 0.1) is 6.92 Å². The third kappa shape index (κ3) is 4.78. The smallest absolute Gasteiger partial charge is 0.333 e. The molecule has 0 saturated heterocycles. The molecule has 0 spiro atoms. The second-order valence-corrected chi connectivity index (χ2v) is 21.8. The number of para-hydroxylation sites is 2. The summed E-state index contributed by atoms with van der Waals surface area (Å²) in [5.41, 5.74) is 24.1. The molecule has 2 aliphatic heterocycles. The van der Waals surface area contributed by atoms with Gasteiger partial charge in [-0.2, -0.15) is 0 Å². The fraction of sp³-hybridized carbons (Fsp3) is 0.200. The van der Waals surface area contributed by atoms with Crippen molar-refractivity contribution in [2.75, 3.05) is 4.81 Å². The highest BCUT2D eigenvalue weighted by Gasteiger charge is 2.47. The highest BCUT2D eigenvalue weighted by atomic mass is 16.3. The van der Waals surface area contributed by atoms with Crippen LogP contribution in [0.3, 0.4) is 0 Å². The van der Waals surface area contributed by atoms with E-state index < -0.39 is 0 Å². The molecule has 314 valence electrons. The van der Waals surface area contributed by atoms with Gasteiger partial charge in [-0.25, -0.2) is 0 Å². The molecule has 14 rings (SSSR count). The van der Waals surface area contributed by atoms with Gasteiger partial charge in [0.1, 0.15) is 22.3 Å². The summed E-state index contributed by atoms with van der Waals surface area (Å²) >= 11 is 0. The van der Waals surface area contributed by atoms with Crippen molar-refractivity contribution in [2.24, 2.45) is 0 Å². The van der Waals surface area contributed by atoms with Crippen molar-refractivity contribution in [3.8, 4) is 27.9 Å². The Labute approximate surface area is 379 Å². The zero-order chi connectivity index (χ0) is 44.2. The highest BCUT2D eigenvalue weighted by molar-refractivity contribution is 6.94. The molecule has 0 bridgehead atoms. The molecule has 4 nitrogen and oxygen atoms in total. The van der Waals surface area contributed by atoms with Crippen LogP contribution in [-0.2, 0) is 16.2 Å². The molecular weight excluding hydrogens is 791 g/mol. The van der Waals surface area contributed by atoms with Crippen molar-refractivity contribution < 1.29 is 8.83 Å². The number of furan rings is 2. The quantitative estimate of drug-likeness (QED) is 0.154. The maximum atomic E-state index is 6.78. The minimum Gasteiger partial charge on any atom is -0.456 e. The summed E-state index contributed by atoms with van der Waals surface area (Å²) in [6.07, 6.45) is 0. The van der Waals surface area contributed by atoms with E-state index in [0.717, 1.165) is 49.4 Å². The van der Waals surface area contributed by atoms with Gasteiger partial charge >= 0.3 is 6.85 Å². The normalized spacial score (nSPS) is 14.9. The average molecular weight is 841 g/mol. The predicted molar refractivity (Wildman–Crippen MR) is 274 cm³/mol. The molecule has 1 aliphatic carbocycles. The van der Waals surface area contributed by atoms with Crippen molar-refractivity contribution in [3.05, 3.63) is 161 Å². The first-order valence-electron chi connectivity index (χ1n) is 23.3. The maximum absolute atomic E-state index is 6.78. The van der Waals surface area contributed by atoms with Gasteiger partial charge < -0.3 is 18.2 Å². The van der Waals surface area contributed by atoms with Crippen LogP contribution in [0.25, 0.3) is 93.6 Å². The van der Waals surface area contributed by atoms with E-state index in [1.807, 2.05) is 0 Å². The Hall–Kier alpha value is -6.98. The van der Waals surface area contributed by atoms with Gasteiger partial charge in [0, 0.05) is 66.4 Å². The third-order valence-corrected chi connectivity index (χ3v) is 15.6. The topological polar surface area (TPSA) is 34.5 Å². The van der Waals surface area contributed by atoms with E-state index in [1.54, 1.807) is 0 Å². The minimum absolute atomic E-state index is 0.0208. The lowest BCUT2D eigenvalue weighted by Crippen LogP contribution is -2.60. The lowest BCUT2D eigenvalue weighted by atomic mass is 9.43. The molecule has 3 aromatic heterocycles. The van der Waals surface area contributed by atoms with Gasteiger partial charge in [0.05, 0.1) is 11.0 Å². The summed E-state index contributed by atoms with van der Waals surface area (Å²) in [4.78, 5) is 2.67. The summed E-state index contributed by atoms with van der Waals surface area (Å²) < 4.78 is 16.0. The van der Waals surface area contributed by atoms with Gasteiger partial charge in [-0.05, 0) is 128 Å². The molecule has 5 heteroatoms. The molecular formula is C60H49BN2O2. The van der Waals surface area contributed by atoms with Crippen LogP contribution in [0.5, 0.6) is 0 Å². The molecule has 0 radical (unpaired) electrons. The summed E-state index contributed by atoms with van der Waals surface area (Å²) in [5, 5.41) is 7.09. The number of aryl methyl sites for hydroxylation is 1. The van der Waals surface area contributed by atoms with Gasteiger partial charge in [-0.1, -0.05) is 128 Å². The van der Waals surface area contributed by atoms with E-state index in [1.165, 1.54) is 94.3 Å². The largest absolute Gasteiger partial charge is 0.456 e. The average Bonchev–Trinajstić information content (AvgIpc) is 4.00. The summed E-state index contributed by atoms with van der Waals surface area (Å²) in [6.45, 7) is 20.9. The van der Waals surface area contributed by atoms with E-state index in [0.29, 0.717) is 0 Å². The Morgan fingerprint density at radius 1 is 0.508 bits per heavy atom. The van der Waals surface area contributed by atoms with E-state index >= 15 is 0 Å². The number of hydrogen-bond donors (Lipinski definition) is 0. The second-order valence-electron chi connectivity index (χ2n) is 21.8. The van der Waals surface area contributed by atoms with Gasteiger partial charge in [0.2, 0.25) is 0 Å². The van der Waals surface area contributed by atoms with Gasteiger partial charge in [0.25, 0.3) is 0 Å². The number of rotatable bonds is 1.